The fourth-order valence-electron chi connectivity index (χ4n) is 4.12. The molecular weight excluding hydrogens is 462 g/mol. The molecule has 2 heterocycles. The highest BCUT2D eigenvalue weighted by atomic mass is 32.1. The van der Waals surface area contributed by atoms with E-state index in [9.17, 15) is 4.79 Å². The van der Waals surface area contributed by atoms with Crippen LogP contribution in [0.15, 0.2) is 47.8 Å². The molecule has 0 spiro atoms. The number of carbonyl (C=O) groups excluding carboxylic acids is 1. The fourth-order valence-corrected chi connectivity index (χ4v) is 4.96. The number of ether oxygens (including phenoxy) is 3. The van der Waals surface area contributed by atoms with E-state index >= 15 is 0 Å². The van der Waals surface area contributed by atoms with Crippen molar-refractivity contribution in [1.82, 2.24) is 14.8 Å². The summed E-state index contributed by atoms with van der Waals surface area (Å²) < 4.78 is 17.3. The van der Waals surface area contributed by atoms with Crippen LogP contribution < -0.4 is 14.2 Å². The number of benzene rings is 2. The van der Waals surface area contributed by atoms with Crippen LogP contribution in [0.5, 0.6) is 17.2 Å². The molecule has 8 heteroatoms. The normalized spacial score (nSPS) is 14.1. The molecule has 3 aromatic rings. The zero-order valence-corrected chi connectivity index (χ0v) is 21.5. The number of nitrogens with zero attached hydrogens (tertiary/aromatic N) is 3. The number of carbonyl (C=O) groups is 1. The first-order chi connectivity index (χ1) is 17.1. The lowest BCUT2D eigenvalue weighted by Gasteiger charge is -2.34. The van der Waals surface area contributed by atoms with Crippen LogP contribution in [0.2, 0.25) is 0 Å². The molecule has 0 atom stereocenters. The fraction of sp³-hybridized carbons (Fsp3) is 0.407. The van der Waals surface area contributed by atoms with E-state index < -0.39 is 0 Å². The first-order valence-electron chi connectivity index (χ1n) is 12.2. The smallest absolute Gasteiger partial charge is 0.254 e. The lowest BCUT2D eigenvalue weighted by molar-refractivity contribution is 0.0627. The molecular formula is C27H33N3O4S. The Hall–Kier alpha value is -3.10. The molecule has 1 amide bonds. The summed E-state index contributed by atoms with van der Waals surface area (Å²) in [4.78, 5) is 22.4. The summed E-state index contributed by atoms with van der Waals surface area (Å²) >= 11 is 1.69. The first-order valence-corrected chi connectivity index (χ1v) is 13.1. The van der Waals surface area contributed by atoms with E-state index in [1.807, 2.05) is 43.9 Å². The highest BCUT2D eigenvalue weighted by Gasteiger charge is 2.25. The molecule has 0 saturated carbocycles. The van der Waals surface area contributed by atoms with Crippen LogP contribution in [0, 0.1) is 0 Å². The van der Waals surface area contributed by atoms with Crippen molar-refractivity contribution in [1.29, 1.82) is 0 Å². The van der Waals surface area contributed by atoms with E-state index in [4.69, 9.17) is 19.2 Å². The Labute approximate surface area is 211 Å². The lowest BCUT2D eigenvalue weighted by Crippen LogP contribution is -2.48. The maximum absolute atomic E-state index is 13.4. The highest BCUT2D eigenvalue weighted by molar-refractivity contribution is 7.09. The van der Waals surface area contributed by atoms with Crippen molar-refractivity contribution in [3.05, 3.63) is 58.4 Å². The number of hydrogen-bond donors (Lipinski definition) is 0. The standard InChI is InChI=1S/C27H33N3O4S/c1-4-32-23-16-21(17-24(33-5-2)26(23)34-6-3)27(31)30-14-12-29(13-15-30)18-25-28-22(19-35-25)20-10-8-7-9-11-20/h7-11,16-17,19H,4-6,12-15,18H2,1-3H3. The molecule has 0 N–H and O–H groups in total. The second kappa shape index (κ2) is 12.0. The van der Waals surface area contributed by atoms with Gasteiger partial charge in [-0.2, -0.15) is 0 Å². The number of aromatic nitrogens is 1. The summed E-state index contributed by atoms with van der Waals surface area (Å²) in [6.45, 7) is 10.9. The Bertz CT molecular complexity index is 1080. The Kier molecular flexibility index (Phi) is 8.60. The average Bonchev–Trinajstić information content (AvgIpc) is 3.35. The zero-order chi connectivity index (χ0) is 24.6. The van der Waals surface area contributed by atoms with Gasteiger partial charge in [-0.3, -0.25) is 9.69 Å². The topological polar surface area (TPSA) is 64.1 Å². The summed E-state index contributed by atoms with van der Waals surface area (Å²) in [5.74, 6) is 1.62. The minimum atomic E-state index is -0.0183. The van der Waals surface area contributed by atoms with Gasteiger partial charge in [0.15, 0.2) is 11.5 Å². The van der Waals surface area contributed by atoms with Crippen molar-refractivity contribution in [2.45, 2.75) is 27.3 Å². The molecule has 186 valence electrons. The van der Waals surface area contributed by atoms with Gasteiger partial charge in [-0.1, -0.05) is 30.3 Å². The van der Waals surface area contributed by atoms with E-state index in [2.05, 4.69) is 22.4 Å². The van der Waals surface area contributed by atoms with Crippen molar-refractivity contribution in [3.8, 4) is 28.5 Å². The van der Waals surface area contributed by atoms with Gasteiger partial charge in [0, 0.05) is 42.7 Å². The third-order valence-corrected chi connectivity index (χ3v) is 6.63. The summed E-state index contributed by atoms with van der Waals surface area (Å²) in [7, 11) is 0. The van der Waals surface area contributed by atoms with Crippen LogP contribution in [0.25, 0.3) is 11.3 Å². The van der Waals surface area contributed by atoms with Gasteiger partial charge >= 0.3 is 0 Å². The van der Waals surface area contributed by atoms with Crippen molar-refractivity contribution >= 4 is 17.2 Å². The number of amides is 1. The largest absolute Gasteiger partial charge is 0.490 e. The monoisotopic (exact) mass is 495 g/mol. The van der Waals surface area contributed by atoms with Crippen molar-refractivity contribution in [3.63, 3.8) is 0 Å². The van der Waals surface area contributed by atoms with Gasteiger partial charge in [-0.15, -0.1) is 11.3 Å². The summed E-state index contributed by atoms with van der Waals surface area (Å²) in [6.07, 6.45) is 0. The molecule has 1 aliphatic heterocycles. The Morgan fingerprint density at radius 2 is 1.54 bits per heavy atom. The van der Waals surface area contributed by atoms with Crippen LogP contribution in [0.1, 0.15) is 36.1 Å². The van der Waals surface area contributed by atoms with E-state index in [-0.39, 0.29) is 5.91 Å². The molecule has 1 fully saturated rings. The van der Waals surface area contributed by atoms with Gasteiger partial charge in [-0.05, 0) is 32.9 Å². The van der Waals surface area contributed by atoms with Crippen LogP contribution >= 0.6 is 11.3 Å². The van der Waals surface area contributed by atoms with Crippen molar-refractivity contribution in [2.75, 3.05) is 46.0 Å². The molecule has 0 aliphatic carbocycles. The third-order valence-electron chi connectivity index (χ3n) is 5.80. The van der Waals surface area contributed by atoms with Gasteiger partial charge < -0.3 is 19.1 Å². The van der Waals surface area contributed by atoms with Crippen LogP contribution in [0.4, 0.5) is 0 Å². The van der Waals surface area contributed by atoms with Gasteiger partial charge in [0.05, 0.1) is 32.1 Å². The van der Waals surface area contributed by atoms with E-state index in [1.54, 1.807) is 23.5 Å². The molecule has 1 aliphatic rings. The molecule has 0 unspecified atom stereocenters. The predicted octanol–water partition coefficient (Wildman–Crippen LogP) is 4.96. The van der Waals surface area contributed by atoms with E-state index in [1.165, 1.54) is 0 Å². The second-order valence-electron chi connectivity index (χ2n) is 8.16. The SMILES string of the molecule is CCOc1cc(C(=O)N2CCN(Cc3nc(-c4ccccc4)cs3)CC2)cc(OCC)c1OCC. The van der Waals surface area contributed by atoms with Crippen molar-refractivity contribution < 1.29 is 19.0 Å². The molecule has 0 bridgehead atoms. The molecule has 7 nitrogen and oxygen atoms in total. The van der Waals surface area contributed by atoms with Crippen LogP contribution in [-0.4, -0.2) is 66.7 Å². The van der Waals surface area contributed by atoms with Gasteiger partial charge in [0.1, 0.15) is 5.01 Å². The number of piperazine rings is 1. The highest BCUT2D eigenvalue weighted by Crippen LogP contribution is 2.39. The second-order valence-corrected chi connectivity index (χ2v) is 9.10. The average molecular weight is 496 g/mol. The first kappa shape index (κ1) is 25.0. The number of rotatable bonds is 10. The molecule has 2 aromatic carbocycles. The predicted molar refractivity (Wildman–Crippen MR) is 139 cm³/mol. The minimum Gasteiger partial charge on any atom is -0.490 e. The summed E-state index contributed by atoms with van der Waals surface area (Å²) in [5, 5.41) is 3.21. The maximum Gasteiger partial charge on any atom is 0.254 e. The molecule has 4 rings (SSSR count). The van der Waals surface area contributed by atoms with Crippen molar-refractivity contribution in [2.24, 2.45) is 0 Å². The minimum absolute atomic E-state index is 0.0183. The Balaban J connectivity index is 1.40. The molecule has 35 heavy (non-hydrogen) atoms. The summed E-state index contributed by atoms with van der Waals surface area (Å²) in [6, 6.07) is 13.8. The Morgan fingerprint density at radius 3 is 2.14 bits per heavy atom. The van der Waals surface area contributed by atoms with Gasteiger partial charge in [0.25, 0.3) is 5.91 Å². The maximum atomic E-state index is 13.4. The van der Waals surface area contributed by atoms with Crippen LogP contribution in [0.3, 0.4) is 0 Å². The molecule has 0 radical (unpaired) electrons. The van der Waals surface area contributed by atoms with Crippen LogP contribution in [-0.2, 0) is 6.54 Å². The number of thiazole rings is 1. The summed E-state index contributed by atoms with van der Waals surface area (Å²) in [5.41, 5.74) is 2.71. The lowest BCUT2D eigenvalue weighted by atomic mass is 10.1. The van der Waals surface area contributed by atoms with Gasteiger partial charge in [0.2, 0.25) is 5.75 Å². The Morgan fingerprint density at radius 1 is 0.914 bits per heavy atom. The zero-order valence-electron chi connectivity index (χ0n) is 20.7. The molecule has 1 aromatic heterocycles. The van der Waals surface area contributed by atoms with E-state index in [0.717, 1.165) is 35.9 Å². The molecule has 1 saturated heterocycles. The van der Waals surface area contributed by atoms with Gasteiger partial charge in [-0.25, -0.2) is 4.98 Å². The third kappa shape index (κ3) is 6.13. The van der Waals surface area contributed by atoms with E-state index in [0.29, 0.717) is 55.7 Å². The number of hydrogen-bond acceptors (Lipinski definition) is 7. The quantitative estimate of drug-likeness (QED) is 0.396.